The predicted molar refractivity (Wildman–Crippen MR) is 82.6 cm³/mol. The van der Waals surface area contributed by atoms with Gasteiger partial charge < -0.3 is 14.2 Å². The van der Waals surface area contributed by atoms with Crippen molar-refractivity contribution >= 4 is 22.7 Å². The van der Waals surface area contributed by atoms with Gasteiger partial charge in [-0.15, -0.1) is 0 Å². The van der Waals surface area contributed by atoms with Gasteiger partial charge in [-0.25, -0.2) is 0 Å². The zero-order valence-electron chi connectivity index (χ0n) is 13.3. The molecule has 0 atom stereocenters. The van der Waals surface area contributed by atoms with Gasteiger partial charge in [-0.3, -0.25) is 9.59 Å². The molecule has 0 aliphatic heterocycles. The van der Waals surface area contributed by atoms with E-state index in [0.717, 1.165) is 5.56 Å². The number of hydrogen-bond donors (Lipinski definition) is 0. The van der Waals surface area contributed by atoms with E-state index in [1.807, 2.05) is 25.1 Å². The lowest BCUT2D eigenvalue weighted by Gasteiger charge is -2.18. The van der Waals surface area contributed by atoms with Crippen LogP contribution in [0.3, 0.4) is 0 Å². The van der Waals surface area contributed by atoms with Crippen LogP contribution in [0, 0.1) is 13.8 Å². The van der Waals surface area contributed by atoms with Crippen molar-refractivity contribution in [1.82, 2.24) is 0 Å². The summed E-state index contributed by atoms with van der Waals surface area (Å²) in [5, 5.41) is 1.35. The van der Waals surface area contributed by atoms with E-state index in [0.29, 0.717) is 33.6 Å². The molecule has 2 rings (SSSR count). The second-order valence-electron chi connectivity index (χ2n) is 5.05. The van der Waals surface area contributed by atoms with Gasteiger partial charge in [0, 0.05) is 30.2 Å². The quantitative estimate of drug-likeness (QED) is 0.643. The first-order valence-electron chi connectivity index (χ1n) is 6.83. The summed E-state index contributed by atoms with van der Waals surface area (Å²) in [6, 6.07) is 5.60. The summed E-state index contributed by atoms with van der Waals surface area (Å²) in [5.74, 6) is 0.259. The summed E-state index contributed by atoms with van der Waals surface area (Å²) in [7, 11) is 1.48. The van der Waals surface area contributed by atoms with Crippen LogP contribution < -0.4 is 14.2 Å². The van der Waals surface area contributed by atoms with Gasteiger partial charge in [0.05, 0.1) is 7.11 Å². The largest absolute Gasteiger partial charge is 0.492 e. The van der Waals surface area contributed by atoms with Gasteiger partial charge in [-0.2, -0.15) is 0 Å². The Labute approximate surface area is 128 Å². The van der Waals surface area contributed by atoms with E-state index in [9.17, 15) is 9.59 Å². The Morgan fingerprint density at radius 2 is 1.45 bits per heavy atom. The van der Waals surface area contributed by atoms with E-state index < -0.39 is 11.9 Å². The maximum atomic E-state index is 11.4. The van der Waals surface area contributed by atoms with Crippen molar-refractivity contribution < 1.29 is 23.8 Å². The van der Waals surface area contributed by atoms with E-state index in [4.69, 9.17) is 14.2 Å². The number of benzene rings is 2. The molecule has 0 bridgehead atoms. The Morgan fingerprint density at radius 3 is 2.00 bits per heavy atom. The molecular weight excluding hydrogens is 284 g/mol. The molecule has 2 aromatic carbocycles. The highest BCUT2D eigenvalue weighted by molar-refractivity contribution is 6.00. The van der Waals surface area contributed by atoms with Crippen molar-refractivity contribution in [2.24, 2.45) is 0 Å². The van der Waals surface area contributed by atoms with Crippen molar-refractivity contribution in [2.75, 3.05) is 7.11 Å². The second-order valence-corrected chi connectivity index (χ2v) is 5.05. The molecule has 2 aromatic rings. The lowest BCUT2D eigenvalue weighted by molar-refractivity contribution is -0.133. The van der Waals surface area contributed by atoms with Gasteiger partial charge in [0.15, 0.2) is 11.5 Å². The Balaban J connectivity index is 2.89. The molecule has 116 valence electrons. The lowest BCUT2D eigenvalue weighted by Crippen LogP contribution is -2.08. The van der Waals surface area contributed by atoms with Crippen LogP contribution in [-0.4, -0.2) is 19.0 Å². The third-order valence-corrected chi connectivity index (χ3v) is 3.25. The number of ether oxygens (including phenoxy) is 3. The van der Waals surface area contributed by atoms with Crippen LogP contribution in [0.15, 0.2) is 18.2 Å². The van der Waals surface area contributed by atoms with Gasteiger partial charge >= 0.3 is 11.9 Å². The molecule has 5 nitrogen and oxygen atoms in total. The fraction of sp³-hybridized carbons (Fsp3) is 0.294. The normalized spacial score (nSPS) is 10.4. The molecule has 5 heteroatoms. The Morgan fingerprint density at radius 1 is 0.864 bits per heavy atom. The number of hydrogen-bond acceptors (Lipinski definition) is 5. The Bertz CT molecular complexity index is 761. The summed E-state index contributed by atoms with van der Waals surface area (Å²) in [6.07, 6.45) is 0. The van der Waals surface area contributed by atoms with Crippen molar-refractivity contribution in [3.8, 4) is 17.2 Å². The monoisotopic (exact) mass is 302 g/mol. The minimum absolute atomic E-state index is 0.335. The standard InChI is InChI=1S/C17H18O5/c1-9-6-7-13-14(8-9)17(22-12(4)19)16(20-5)10(2)15(13)21-11(3)18/h6-8H,1-5H3. The van der Waals surface area contributed by atoms with E-state index in [1.54, 1.807) is 6.92 Å². The molecule has 0 N–H and O–H groups in total. The van der Waals surface area contributed by atoms with Gasteiger partial charge in [-0.1, -0.05) is 17.7 Å². The molecule has 0 spiro atoms. The maximum Gasteiger partial charge on any atom is 0.308 e. The first-order chi connectivity index (χ1) is 10.3. The van der Waals surface area contributed by atoms with Gasteiger partial charge in [0.1, 0.15) is 5.75 Å². The number of methoxy groups -OCH3 is 1. The van der Waals surface area contributed by atoms with Gasteiger partial charge in [0.2, 0.25) is 0 Å². The maximum absolute atomic E-state index is 11.4. The topological polar surface area (TPSA) is 61.8 Å². The number of carbonyl (C=O) groups excluding carboxylic acids is 2. The van der Waals surface area contributed by atoms with Crippen LogP contribution in [0.2, 0.25) is 0 Å². The fourth-order valence-electron chi connectivity index (χ4n) is 2.41. The van der Waals surface area contributed by atoms with E-state index >= 15 is 0 Å². The van der Waals surface area contributed by atoms with Gasteiger partial charge in [-0.05, 0) is 19.9 Å². The average Bonchev–Trinajstić information content (AvgIpc) is 2.43. The molecular formula is C17H18O5. The summed E-state index contributed by atoms with van der Waals surface area (Å²) < 4.78 is 16.1. The highest BCUT2D eigenvalue weighted by atomic mass is 16.6. The van der Waals surface area contributed by atoms with Crippen LogP contribution in [-0.2, 0) is 9.59 Å². The predicted octanol–water partition coefficient (Wildman–Crippen LogP) is 3.32. The Kier molecular flexibility index (Phi) is 4.35. The fourth-order valence-corrected chi connectivity index (χ4v) is 2.41. The highest BCUT2D eigenvalue weighted by Crippen LogP contribution is 2.45. The third-order valence-electron chi connectivity index (χ3n) is 3.25. The van der Waals surface area contributed by atoms with E-state index in [1.165, 1.54) is 21.0 Å². The van der Waals surface area contributed by atoms with Crippen LogP contribution >= 0.6 is 0 Å². The molecule has 0 amide bonds. The highest BCUT2D eigenvalue weighted by Gasteiger charge is 2.22. The molecule has 0 aromatic heterocycles. The minimum atomic E-state index is -0.444. The zero-order chi connectivity index (χ0) is 16.4. The Hall–Kier alpha value is -2.56. The molecule has 0 heterocycles. The molecule has 0 aliphatic carbocycles. The molecule has 0 fully saturated rings. The summed E-state index contributed by atoms with van der Waals surface area (Å²) >= 11 is 0. The molecule has 0 unspecified atom stereocenters. The number of rotatable bonds is 3. The van der Waals surface area contributed by atoms with Crippen molar-refractivity contribution in [1.29, 1.82) is 0 Å². The smallest absolute Gasteiger partial charge is 0.308 e. The summed E-state index contributed by atoms with van der Waals surface area (Å²) in [6.45, 7) is 6.35. The van der Waals surface area contributed by atoms with Crippen LogP contribution in [0.1, 0.15) is 25.0 Å². The molecule has 0 radical (unpaired) electrons. The number of esters is 2. The minimum Gasteiger partial charge on any atom is -0.492 e. The molecule has 0 saturated heterocycles. The molecule has 22 heavy (non-hydrogen) atoms. The first kappa shape index (κ1) is 15.8. The zero-order valence-corrected chi connectivity index (χ0v) is 13.3. The number of fused-ring (bicyclic) bond motifs is 1. The average molecular weight is 302 g/mol. The molecule has 0 aliphatic rings. The number of carbonyl (C=O) groups is 2. The summed E-state index contributed by atoms with van der Waals surface area (Å²) in [4.78, 5) is 22.8. The second kappa shape index (κ2) is 6.05. The number of aryl methyl sites for hydroxylation is 1. The molecule has 0 saturated carbocycles. The van der Waals surface area contributed by atoms with E-state index in [-0.39, 0.29) is 0 Å². The van der Waals surface area contributed by atoms with Crippen LogP contribution in [0.4, 0.5) is 0 Å². The van der Waals surface area contributed by atoms with E-state index in [2.05, 4.69) is 0 Å². The first-order valence-corrected chi connectivity index (χ1v) is 6.83. The third kappa shape index (κ3) is 2.88. The van der Waals surface area contributed by atoms with Crippen molar-refractivity contribution in [3.63, 3.8) is 0 Å². The van der Waals surface area contributed by atoms with Crippen molar-refractivity contribution in [3.05, 3.63) is 29.3 Å². The SMILES string of the molecule is COc1c(C)c(OC(C)=O)c2ccc(C)cc2c1OC(C)=O. The summed E-state index contributed by atoms with van der Waals surface area (Å²) in [5.41, 5.74) is 1.59. The lowest BCUT2D eigenvalue weighted by atomic mass is 10.0. The van der Waals surface area contributed by atoms with Crippen molar-refractivity contribution in [2.45, 2.75) is 27.7 Å². The van der Waals surface area contributed by atoms with Crippen LogP contribution in [0.5, 0.6) is 17.2 Å². The van der Waals surface area contributed by atoms with Gasteiger partial charge in [0.25, 0.3) is 0 Å². The van der Waals surface area contributed by atoms with Crippen LogP contribution in [0.25, 0.3) is 10.8 Å².